The van der Waals surface area contributed by atoms with Crippen LogP contribution in [0.15, 0.2) is 60.7 Å². The van der Waals surface area contributed by atoms with Gasteiger partial charge in [-0.25, -0.2) is 8.42 Å². The number of aliphatic hydroxyl groups excluding tert-OH is 1. The van der Waals surface area contributed by atoms with Crippen LogP contribution in [0.3, 0.4) is 0 Å². The number of aliphatic hydroxyl groups is 1. The van der Waals surface area contributed by atoms with Crippen LogP contribution in [0.1, 0.15) is 17.2 Å². The van der Waals surface area contributed by atoms with Gasteiger partial charge >= 0.3 is 0 Å². The average molecular weight is 389 g/mol. The third-order valence-electron chi connectivity index (χ3n) is 6.06. The van der Waals surface area contributed by atoms with E-state index in [1.54, 1.807) is 0 Å². The molecular weight excluding hydrogens is 360 g/mol. The van der Waals surface area contributed by atoms with Crippen molar-refractivity contribution in [3.63, 3.8) is 0 Å². The summed E-state index contributed by atoms with van der Waals surface area (Å²) in [6.07, 6.45) is -0.717. The van der Waals surface area contributed by atoms with Gasteiger partial charge in [0.25, 0.3) is 0 Å². The maximum atomic E-state index is 11.9. The zero-order valence-electron chi connectivity index (χ0n) is 15.4. The Morgan fingerprint density at radius 2 is 1.33 bits per heavy atom. The molecule has 144 valence electrons. The summed E-state index contributed by atoms with van der Waals surface area (Å²) in [6, 6.07) is 21.3. The van der Waals surface area contributed by atoms with Crippen molar-refractivity contribution in [3.05, 3.63) is 71.8 Å². The minimum absolute atomic E-state index is 0.0750. The Morgan fingerprint density at radius 3 is 1.78 bits per heavy atom. The molecule has 4 rings (SSSR count). The summed E-state index contributed by atoms with van der Waals surface area (Å²) in [5.74, 6) is 0.0496. The van der Waals surface area contributed by atoms with Gasteiger partial charge in [0.05, 0.1) is 5.75 Å². The van der Waals surface area contributed by atoms with Crippen LogP contribution in [0.4, 0.5) is 0 Å². The fourth-order valence-corrected chi connectivity index (χ4v) is 6.62. The maximum Gasteiger partial charge on any atom is 0.159 e. The van der Waals surface area contributed by atoms with E-state index in [0.717, 1.165) is 26.2 Å². The fraction of sp³-hybridized carbons (Fsp3) is 0.429. The summed E-state index contributed by atoms with van der Waals surface area (Å²) in [5.41, 5.74) is 2.62. The number of hydrogen-bond donors (Lipinski definition) is 3. The lowest BCUT2D eigenvalue weighted by atomic mass is 9.96. The Labute approximate surface area is 161 Å². The van der Waals surface area contributed by atoms with Crippen LogP contribution in [0.25, 0.3) is 0 Å². The van der Waals surface area contributed by atoms with Crippen LogP contribution in [-0.2, 0) is 9.84 Å². The molecule has 0 radical (unpaired) electrons. The van der Waals surface area contributed by atoms with Gasteiger partial charge in [-0.05, 0) is 0 Å². The third kappa shape index (κ3) is 4.09. The Hall–Kier alpha value is -1.73. The first-order valence-electron chi connectivity index (χ1n) is 9.71. The van der Waals surface area contributed by atoms with Gasteiger partial charge in [-0.15, -0.1) is 0 Å². The molecule has 3 N–H and O–H groups in total. The van der Waals surface area contributed by atoms with Gasteiger partial charge in [0, 0.05) is 11.1 Å². The summed E-state index contributed by atoms with van der Waals surface area (Å²) in [4.78, 5) is 2.75. The monoisotopic (exact) mass is 388 g/mol. The van der Waals surface area contributed by atoms with Gasteiger partial charge in [0.2, 0.25) is 0 Å². The first-order chi connectivity index (χ1) is 13.0. The molecule has 2 atom stereocenters. The second-order valence-corrected chi connectivity index (χ2v) is 9.98. The van der Waals surface area contributed by atoms with E-state index in [-0.39, 0.29) is 23.6 Å². The van der Waals surface area contributed by atoms with Crippen molar-refractivity contribution in [2.75, 3.05) is 37.7 Å². The van der Waals surface area contributed by atoms with E-state index < -0.39 is 15.9 Å². The zero-order valence-corrected chi connectivity index (χ0v) is 16.2. The van der Waals surface area contributed by atoms with Gasteiger partial charge in [0.1, 0.15) is 50.1 Å². The number of nitrogens with one attached hydrogen (secondary N) is 2. The predicted octanol–water partition coefficient (Wildman–Crippen LogP) is -1.28. The summed E-state index contributed by atoms with van der Waals surface area (Å²) in [6.45, 7) is 3.71. The molecule has 2 aliphatic rings. The highest BCUT2D eigenvalue weighted by atomic mass is 32.2. The van der Waals surface area contributed by atoms with Crippen LogP contribution in [0.2, 0.25) is 0 Å². The number of piperazine rings is 1. The topological polar surface area (TPSA) is 63.2 Å². The predicted molar refractivity (Wildman–Crippen MR) is 105 cm³/mol. The van der Waals surface area contributed by atoms with Crippen LogP contribution in [0.5, 0.6) is 0 Å². The first-order valence-corrected chi connectivity index (χ1v) is 11.5. The fourth-order valence-electron chi connectivity index (χ4n) is 4.73. The molecule has 0 amide bonds. The molecule has 0 saturated carbocycles. The minimum Gasteiger partial charge on any atom is -0.386 e. The number of sulfone groups is 1. The second kappa shape index (κ2) is 7.72. The van der Waals surface area contributed by atoms with E-state index in [9.17, 15) is 13.5 Å². The highest BCUT2D eigenvalue weighted by Gasteiger charge is 2.45. The Balaban J connectivity index is 1.51. The van der Waals surface area contributed by atoms with Crippen molar-refractivity contribution < 1.29 is 23.3 Å². The smallest absolute Gasteiger partial charge is 0.159 e. The molecule has 2 aromatic carbocycles. The average Bonchev–Trinajstić information content (AvgIpc) is 2.97. The zero-order chi connectivity index (χ0) is 18.9. The maximum absolute atomic E-state index is 11.9. The van der Waals surface area contributed by atoms with Crippen molar-refractivity contribution in [1.29, 1.82) is 0 Å². The van der Waals surface area contributed by atoms with Crippen LogP contribution >= 0.6 is 0 Å². The Morgan fingerprint density at radius 1 is 0.815 bits per heavy atom. The van der Waals surface area contributed by atoms with Gasteiger partial charge in [-0.2, -0.15) is 0 Å². The van der Waals surface area contributed by atoms with E-state index in [0.29, 0.717) is 0 Å². The van der Waals surface area contributed by atoms with Gasteiger partial charge in [-0.3, -0.25) is 0 Å². The number of quaternary nitrogens is 2. The Bertz CT molecular complexity index is 810. The molecule has 0 aromatic heterocycles. The SMILES string of the molecule is O=S1(=O)C[C@@H]([NH+]2CC[NH+](C(c3ccccc3)c3ccccc3)CC2)[C@@H](O)C1. The summed E-state index contributed by atoms with van der Waals surface area (Å²) in [5, 5.41) is 10.2. The van der Waals surface area contributed by atoms with E-state index >= 15 is 0 Å². The van der Waals surface area contributed by atoms with Gasteiger partial charge < -0.3 is 14.9 Å². The minimum atomic E-state index is -3.09. The summed E-state index contributed by atoms with van der Waals surface area (Å²) < 4.78 is 23.7. The molecule has 2 saturated heterocycles. The molecule has 0 aliphatic carbocycles. The molecular formula is C21H28N2O3S+2. The van der Waals surface area contributed by atoms with Crippen molar-refractivity contribution in [3.8, 4) is 0 Å². The quantitative estimate of drug-likeness (QED) is 0.611. The number of benzene rings is 2. The first kappa shape index (κ1) is 18.6. The second-order valence-electron chi connectivity index (χ2n) is 7.82. The summed E-state index contributed by atoms with van der Waals surface area (Å²) >= 11 is 0. The van der Waals surface area contributed by atoms with Crippen LogP contribution < -0.4 is 9.80 Å². The normalized spacial score (nSPS) is 30.4. The Kier molecular flexibility index (Phi) is 5.32. The third-order valence-corrected chi connectivity index (χ3v) is 7.77. The molecule has 6 heteroatoms. The molecule has 5 nitrogen and oxygen atoms in total. The lowest BCUT2D eigenvalue weighted by Gasteiger charge is -2.37. The van der Waals surface area contributed by atoms with Crippen LogP contribution in [0, 0.1) is 0 Å². The molecule has 2 aromatic rings. The summed E-state index contributed by atoms with van der Waals surface area (Å²) in [7, 11) is -3.09. The molecule has 27 heavy (non-hydrogen) atoms. The lowest BCUT2D eigenvalue weighted by molar-refractivity contribution is -1.03. The molecule has 2 fully saturated rings. The van der Waals surface area contributed by atoms with Crippen molar-refractivity contribution in [1.82, 2.24) is 0 Å². The molecule has 0 spiro atoms. The highest BCUT2D eigenvalue weighted by molar-refractivity contribution is 7.91. The van der Waals surface area contributed by atoms with E-state index in [1.807, 2.05) is 12.1 Å². The van der Waals surface area contributed by atoms with E-state index in [2.05, 4.69) is 48.5 Å². The van der Waals surface area contributed by atoms with E-state index in [4.69, 9.17) is 0 Å². The number of rotatable bonds is 4. The van der Waals surface area contributed by atoms with Crippen LogP contribution in [-0.4, -0.2) is 63.4 Å². The molecule has 0 unspecified atom stereocenters. The highest BCUT2D eigenvalue weighted by Crippen LogP contribution is 2.19. The standard InChI is InChI=1S/C21H26N2O3S/c24-20-16-27(25,26)15-19(20)22-11-13-23(14-12-22)21(17-7-3-1-4-8-17)18-9-5-2-6-10-18/h1-10,19-21,24H,11-16H2/p+2/t19-,20+/m1/s1. The van der Waals surface area contributed by atoms with Crippen molar-refractivity contribution in [2.45, 2.75) is 18.2 Å². The lowest BCUT2D eigenvalue weighted by Crippen LogP contribution is -3.30. The largest absolute Gasteiger partial charge is 0.386 e. The molecule has 2 heterocycles. The molecule has 0 bridgehead atoms. The van der Waals surface area contributed by atoms with Gasteiger partial charge in [0.15, 0.2) is 9.84 Å². The van der Waals surface area contributed by atoms with E-state index in [1.165, 1.54) is 20.9 Å². The van der Waals surface area contributed by atoms with Gasteiger partial charge in [-0.1, -0.05) is 60.7 Å². The van der Waals surface area contributed by atoms with Crippen molar-refractivity contribution in [2.24, 2.45) is 0 Å². The molecule has 2 aliphatic heterocycles. The van der Waals surface area contributed by atoms with Crippen molar-refractivity contribution >= 4 is 9.84 Å². The number of hydrogen-bond acceptors (Lipinski definition) is 3.